The number of halogens is 1. The van der Waals surface area contributed by atoms with Crippen molar-refractivity contribution < 1.29 is 17.9 Å². The number of aliphatic hydroxyl groups is 1. The predicted molar refractivity (Wildman–Crippen MR) is 74.3 cm³/mol. The van der Waals surface area contributed by atoms with E-state index in [0.29, 0.717) is 5.69 Å². The SMILES string of the molecule is Cc1cc(NS(=O)(=O)c2ccc(CO)o2)ccc1Br. The third-order valence-corrected chi connectivity index (χ3v) is 4.61. The van der Waals surface area contributed by atoms with Crippen molar-refractivity contribution in [3.63, 3.8) is 0 Å². The molecule has 7 heteroatoms. The number of anilines is 1. The summed E-state index contributed by atoms with van der Waals surface area (Å²) in [7, 11) is -3.78. The summed E-state index contributed by atoms with van der Waals surface area (Å²) in [6.07, 6.45) is 0. The molecule has 2 rings (SSSR count). The Bertz CT molecular complexity index is 694. The van der Waals surface area contributed by atoms with E-state index >= 15 is 0 Å². The van der Waals surface area contributed by atoms with Gasteiger partial charge in [0.2, 0.25) is 5.09 Å². The van der Waals surface area contributed by atoms with Gasteiger partial charge in [-0.2, -0.15) is 8.42 Å². The Labute approximate surface area is 119 Å². The standard InChI is InChI=1S/C12H12BrNO4S/c1-8-6-9(2-4-11(8)13)14-19(16,17)12-5-3-10(7-15)18-12/h2-6,14-15H,7H2,1H3. The van der Waals surface area contributed by atoms with Gasteiger partial charge >= 0.3 is 0 Å². The third kappa shape index (κ3) is 3.17. The molecule has 0 atom stereocenters. The van der Waals surface area contributed by atoms with Crippen LogP contribution in [0.25, 0.3) is 0 Å². The van der Waals surface area contributed by atoms with Gasteiger partial charge < -0.3 is 9.52 Å². The minimum Gasteiger partial charge on any atom is -0.445 e. The van der Waals surface area contributed by atoms with E-state index in [-0.39, 0.29) is 17.5 Å². The number of sulfonamides is 1. The quantitative estimate of drug-likeness (QED) is 0.892. The average Bonchev–Trinajstić information content (AvgIpc) is 2.83. The van der Waals surface area contributed by atoms with Crippen LogP contribution in [-0.2, 0) is 16.6 Å². The molecule has 0 aliphatic heterocycles. The van der Waals surface area contributed by atoms with Crippen molar-refractivity contribution in [2.24, 2.45) is 0 Å². The number of furan rings is 1. The maximum atomic E-state index is 12.0. The van der Waals surface area contributed by atoms with Crippen LogP contribution in [0.5, 0.6) is 0 Å². The monoisotopic (exact) mass is 345 g/mol. The number of hydrogen-bond acceptors (Lipinski definition) is 4. The summed E-state index contributed by atoms with van der Waals surface area (Å²) in [5, 5.41) is 8.63. The first-order valence-electron chi connectivity index (χ1n) is 5.41. The topological polar surface area (TPSA) is 79.5 Å². The summed E-state index contributed by atoms with van der Waals surface area (Å²) >= 11 is 3.34. The second kappa shape index (κ2) is 5.36. The van der Waals surface area contributed by atoms with Crippen LogP contribution in [0.2, 0.25) is 0 Å². The zero-order valence-electron chi connectivity index (χ0n) is 10.1. The number of rotatable bonds is 4. The van der Waals surface area contributed by atoms with Crippen molar-refractivity contribution in [3.05, 3.63) is 46.1 Å². The summed E-state index contributed by atoms with van der Waals surface area (Å²) in [6, 6.07) is 7.83. The van der Waals surface area contributed by atoms with Gasteiger partial charge in [0.15, 0.2) is 0 Å². The van der Waals surface area contributed by atoms with E-state index in [0.717, 1.165) is 10.0 Å². The fourth-order valence-corrected chi connectivity index (χ4v) is 2.75. The molecule has 2 N–H and O–H groups in total. The average molecular weight is 346 g/mol. The second-order valence-electron chi connectivity index (χ2n) is 3.95. The van der Waals surface area contributed by atoms with Crippen LogP contribution in [-0.4, -0.2) is 13.5 Å². The van der Waals surface area contributed by atoms with Gasteiger partial charge in [-0.25, -0.2) is 0 Å². The van der Waals surface area contributed by atoms with Crippen LogP contribution in [0.1, 0.15) is 11.3 Å². The van der Waals surface area contributed by atoms with Crippen molar-refractivity contribution in [1.82, 2.24) is 0 Å². The van der Waals surface area contributed by atoms with Gasteiger partial charge in [-0.05, 0) is 42.8 Å². The Hall–Kier alpha value is -1.31. The summed E-state index contributed by atoms with van der Waals surface area (Å²) in [4.78, 5) is 0. The van der Waals surface area contributed by atoms with E-state index in [1.807, 2.05) is 6.92 Å². The van der Waals surface area contributed by atoms with Gasteiger partial charge in [0.25, 0.3) is 10.0 Å². The molecule has 0 aliphatic rings. The molecule has 19 heavy (non-hydrogen) atoms. The Morgan fingerprint density at radius 1 is 1.32 bits per heavy atom. The van der Waals surface area contributed by atoms with Gasteiger partial charge in [-0.1, -0.05) is 15.9 Å². The number of aryl methyl sites for hydroxylation is 1. The summed E-state index contributed by atoms with van der Waals surface area (Å²) in [5.41, 5.74) is 1.36. The third-order valence-electron chi connectivity index (χ3n) is 2.47. The Morgan fingerprint density at radius 3 is 2.63 bits per heavy atom. The van der Waals surface area contributed by atoms with Gasteiger partial charge in [-0.15, -0.1) is 0 Å². The van der Waals surface area contributed by atoms with Crippen molar-refractivity contribution >= 4 is 31.6 Å². The lowest BCUT2D eigenvalue weighted by molar-refractivity contribution is 0.236. The van der Waals surface area contributed by atoms with Crippen molar-refractivity contribution in [3.8, 4) is 0 Å². The van der Waals surface area contributed by atoms with E-state index in [1.165, 1.54) is 12.1 Å². The normalized spacial score (nSPS) is 11.5. The maximum absolute atomic E-state index is 12.0. The highest BCUT2D eigenvalue weighted by atomic mass is 79.9. The molecule has 0 saturated carbocycles. The lowest BCUT2D eigenvalue weighted by atomic mass is 10.2. The number of benzene rings is 1. The number of hydrogen-bond donors (Lipinski definition) is 2. The van der Waals surface area contributed by atoms with Crippen LogP contribution in [0.15, 0.2) is 44.3 Å². The first kappa shape index (κ1) is 14.1. The molecule has 0 fully saturated rings. The largest absolute Gasteiger partial charge is 0.445 e. The zero-order valence-corrected chi connectivity index (χ0v) is 12.5. The van der Waals surface area contributed by atoms with E-state index in [4.69, 9.17) is 9.52 Å². The molecular weight excluding hydrogens is 334 g/mol. The fourth-order valence-electron chi connectivity index (χ4n) is 1.50. The molecule has 1 aromatic carbocycles. The Kier molecular flexibility index (Phi) is 3.98. The lowest BCUT2D eigenvalue weighted by Gasteiger charge is -2.07. The lowest BCUT2D eigenvalue weighted by Crippen LogP contribution is -2.12. The van der Waals surface area contributed by atoms with E-state index < -0.39 is 10.0 Å². The van der Waals surface area contributed by atoms with Crippen molar-refractivity contribution in [2.75, 3.05) is 4.72 Å². The molecule has 1 aromatic heterocycles. The number of aliphatic hydroxyl groups excluding tert-OH is 1. The molecule has 102 valence electrons. The maximum Gasteiger partial charge on any atom is 0.295 e. The van der Waals surface area contributed by atoms with Crippen LogP contribution >= 0.6 is 15.9 Å². The van der Waals surface area contributed by atoms with Gasteiger partial charge in [0.1, 0.15) is 12.4 Å². The molecule has 0 bridgehead atoms. The van der Waals surface area contributed by atoms with Crippen molar-refractivity contribution in [1.29, 1.82) is 0 Å². The van der Waals surface area contributed by atoms with Crippen LogP contribution in [0.3, 0.4) is 0 Å². The molecule has 0 unspecified atom stereocenters. The smallest absolute Gasteiger partial charge is 0.295 e. The molecule has 5 nitrogen and oxygen atoms in total. The highest BCUT2D eigenvalue weighted by Gasteiger charge is 2.19. The van der Waals surface area contributed by atoms with E-state index in [2.05, 4.69) is 20.7 Å². The first-order chi connectivity index (χ1) is 8.92. The van der Waals surface area contributed by atoms with E-state index in [9.17, 15) is 8.42 Å². The molecular formula is C12H12BrNO4S. The molecule has 0 spiro atoms. The zero-order chi connectivity index (χ0) is 14.0. The first-order valence-corrected chi connectivity index (χ1v) is 7.68. The molecule has 2 aromatic rings. The van der Waals surface area contributed by atoms with Crippen LogP contribution in [0, 0.1) is 6.92 Å². The van der Waals surface area contributed by atoms with Gasteiger partial charge in [-0.3, -0.25) is 4.72 Å². The Balaban J connectivity index is 2.28. The van der Waals surface area contributed by atoms with E-state index in [1.54, 1.807) is 18.2 Å². The van der Waals surface area contributed by atoms with Gasteiger partial charge in [0.05, 0.1) is 0 Å². The highest BCUT2D eigenvalue weighted by molar-refractivity contribution is 9.10. The minimum absolute atomic E-state index is 0.201. The molecule has 0 saturated heterocycles. The highest BCUT2D eigenvalue weighted by Crippen LogP contribution is 2.23. The molecule has 0 aliphatic carbocycles. The molecule has 1 heterocycles. The fraction of sp³-hybridized carbons (Fsp3) is 0.167. The minimum atomic E-state index is -3.78. The molecule has 0 radical (unpaired) electrons. The van der Waals surface area contributed by atoms with Crippen LogP contribution in [0.4, 0.5) is 5.69 Å². The summed E-state index contributed by atoms with van der Waals surface area (Å²) in [5.74, 6) is 0.201. The Morgan fingerprint density at radius 2 is 2.05 bits per heavy atom. The summed E-state index contributed by atoms with van der Waals surface area (Å²) in [6.45, 7) is 1.52. The molecule has 0 amide bonds. The van der Waals surface area contributed by atoms with Crippen molar-refractivity contribution in [2.45, 2.75) is 18.6 Å². The van der Waals surface area contributed by atoms with Crippen LogP contribution < -0.4 is 4.72 Å². The number of nitrogens with one attached hydrogen (secondary N) is 1. The predicted octanol–water partition coefficient (Wildman–Crippen LogP) is 2.64. The summed E-state index contributed by atoms with van der Waals surface area (Å²) < 4.78 is 32.4. The van der Waals surface area contributed by atoms with Gasteiger partial charge in [0, 0.05) is 10.2 Å². The second-order valence-corrected chi connectivity index (χ2v) is 6.42.